The fourth-order valence-electron chi connectivity index (χ4n) is 2.60. The number of aromatic hydroxyl groups is 1. The van der Waals surface area contributed by atoms with Gasteiger partial charge in [-0.05, 0) is 55.5 Å². The molecule has 1 aromatic rings. The average Bonchev–Trinajstić information content (AvgIpc) is 2.46. The highest BCUT2D eigenvalue weighted by Crippen LogP contribution is 2.30. The van der Waals surface area contributed by atoms with Gasteiger partial charge in [0, 0.05) is 6.54 Å². The highest BCUT2D eigenvalue weighted by Gasteiger charge is 2.22. The molecule has 0 radical (unpaired) electrons. The van der Waals surface area contributed by atoms with Gasteiger partial charge in [-0.2, -0.15) is 0 Å². The van der Waals surface area contributed by atoms with Crippen LogP contribution in [0.5, 0.6) is 5.75 Å². The Labute approximate surface area is 110 Å². The molecule has 100 valence electrons. The van der Waals surface area contributed by atoms with E-state index in [1.165, 1.54) is 24.8 Å². The summed E-state index contributed by atoms with van der Waals surface area (Å²) in [7, 11) is 0. The summed E-state index contributed by atoms with van der Waals surface area (Å²) in [6.45, 7) is 7.95. The van der Waals surface area contributed by atoms with Crippen molar-refractivity contribution in [3.05, 3.63) is 23.8 Å². The molecule has 1 aliphatic heterocycles. The van der Waals surface area contributed by atoms with Crippen molar-refractivity contribution in [2.75, 3.05) is 18.8 Å². The monoisotopic (exact) mass is 248 g/mol. The van der Waals surface area contributed by atoms with E-state index in [-0.39, 0.29) is 5.75 Å². The third kappa shape index (κ3) is 3.39. The van der Waals surface area contributed by atoms with Crippen molar-refractivity contribution in [3.8, 4) is 5.75 Å². The molecule has 18 heavy (non-hydrogen) atoms. The second-order valence-corrected chi connectivity index (χ2v) is 6.19. The summed E-state index contributed by atoms with van der Waals surface area (Å²) >= 11 is 0. The van der Waals surface area contributed by atoms with E-state index in [4.69, 9.17) is 5.73 Å². The van der Waals surface area contributed by atoms with Gasteiger partial charge in [0.1, 0.15) is 5.75 Å². The van der Waals surface area contributed by atoms with Gasteiger partial charge in [0.05, 0.1) is 5.69 Å². The van der Waals surface area contributed by atoms with Crippen LogP contribution in [-0.2, 0) is 6.54 Å². The van der Waals surface area contributed by atoms with Crippen LogP contribution in [0.2, 0.25) is 0 Å². The van der Waals surface area contributed by atoms with Gasteiger partial charge in [-0.25, -0.2) is 0 Å². The van der Waals surface area contributed by atoms with Crippen molar-refractivity contribution >= 4 is 5.69 Å². The Kier molecular flexibility index (Phi) is 3.81. The molecule has 0 bridgehead atoms. The molecule has 3 heteroatoms. The number of nitrogen functional groups attached to an aromatic ring is 1. The lowest BCUT2D eigenvalue weighted by molar-refractivity contribution is 0.256. The number of benzene rings is 1. The Morgan fingerprint density at radius 3 is 2.78 bits per heavy atom. The summed E-state index contributed by atoms with van der Waals surface area (Å²) in [5.74, 6) is 0.177. The molecule has 1 aromatic carbocycles. The Morgan fingerprint density at radius 1 is 1.28 bits per heavy atom. The number of hydrogen-bond acceptors (Lipinski definition) is 3. The molecule has 1 heterocycles. The zero-order valence-corrected chi connectivity index (χ0v) is 11.4. The zero-order valence-electron chi connectivity index (χ0n) is 11.4. The topological polar surface area (TPSA) is 49.5 Å². The van der Waals surface area contributed by atoms with Crippen molar-refractivity contribution in [1.29, 1.82) is 0 Å². The van der Waals surface area contributed by atoms with Crippen LogP contribution in [0, 0.1) is 5.41 Å². The van der Waals surface area contributed by atoms with Gasteiger partial charge in [0.15, 0.2) is 0 Å². The highest BCUT2D eigenvalue weighted by atomic mass is 16.3. The fourth-order valence-corrected chi connectivity index (χ4v) is 2.60. The number of phenolic OH excluding ortho intramolecular Hbond substituents is 1. The van der Waals surface area contributed by atoms with E-state index in [1.807, 2.05) is 12.1 Å². The summed E-state index contributed by atoms with van der Waals surface area (Å²) in [5, 5.41) is 9.42. The summed E-state index contributed by atoms with van der Waals surface area (Å²) in [6.07, 6.45) is 3.82. The van der Waals surface area contributed by atoms with Gasteiger partial charge in [-0.3, -0.25) is 4.90 Å². The first-order valence-electron chi connectivity index (χ1n) is 6.76. The first-order valence-corrected chi connectivity index (χ1v) is 6.76. The number of likely N-dealkylation sites (tertiary alicyclic amines) is 1. The van der Waals surface area contributed by atoms with Crippen LogP contribution in [0.15, 0.2) is 18.2 Å². The van der Waals surface area contributed by atoms with E-state index in [1.54, 1.807) is 6.07 Å². The van der Waals surface area contributed by atoms with Crippen LogP contribution in [0.4, 0.5) is 5.69 Å². The zero-order chi connectivity index (χ0) is 13.2. The predicted octanol–water partition coefficient (Wildman–Crippen LogP) is 2.99. The van der Waals surface area contributed by atoms with Crippen molar-refractivity contribution in [3.63, 3.8) is 0 Å². The SMILES string of the molecule is CC1(C)CCCN(Cc2ccc(O)c(N)c2)CC1. The molecule has 0 unspecified atom stereocenters. The van der Waals surface area contributed by atoms with Gasteiger partial charge in [0.25, 0.3) is 0 Å². The fraction of sp³-hybridized carbons (Fsp3) is 0.600. The predicted molar refractivity (Wildman–Crippen MR) is 75.4 cm³/mol. The first kappa shape index (κ1) is 13.2. The van der Waals surface area contributed by atoms with Gasteiger partial charge in [0.2, 0.25) is 0 Å². The lowest BCUT2D eigenvalue weighted by Gasteiger charge is -2.23. The molecular formula is C15H24N2O. The molecule has 0 atom stereocenters. The van der Waals surface area contributed by atoms with Crippen LogP contribution in [-0.4, -0.2) is 23.1 Å². The van der Waals surface area contributed by atoms with Crippen molar-refractivity contribution < 1.29 is 5.11 Å². The van der Waals surface area contributed by atoms with Gasteiger partial charge in [-0.15, -0.1) is 0 Å². The van der Waals surface area contributed by atoms with Crippen molar-refractivity contribution in [2.45, 2.75) is 39.7 Å². The summed E-state index contributed by atoms with van der Waals surface area (Å²) in [4.78, 5) is 2.49. The summed E-state index contributed by atoms with van der Waals surface area (Å²) in [6, 6.07) is 5.53. The lowest BCUT2D eigenvalue weighted by atomic mass is 9.85. The van der Waals surface area contributed by atoms with Crippen LogP contribution < -0.4 is 5.73 Å². The minimum atomic E-state index is 0.177. The minimum Gasteiger partial charge on any atom is -0.506 e. The first-order chi connectivity index (χ1) is 8.46. The number of nitrogens with zero attached hydrogens (tertiary/aromatic N) is 1. The quantitative estimate of drug-likeness (QED) is 0.625. The van der Waals surface area contributed by atoms with Crippen molar-refractivity contribution in [2.24, 2.45) is 5.41 Å². The van der Waals surface area contributed by atoms with E-state index in [2.05, 4.69) is 18.7 Å². The lowest BCUT2D eigenvalue weighted by Crippen LogP contribution is -2.25. The van der Waals surface area contributed by atoms with Crippen molar-refractivity contribution in [1.82, 2.24) is 4.90 Å². The maximum atomic E-state index is 9.42. The van der Waals surface area contributed by atoms with E-state index in [9.17, 15) is 5.11 Å². The number of rotatable bonds is 2. The van der Waals surface area contributed by atoms with Gasteiger partial charge >= 0.3 is 0 Å². The molecule has 2 rings (SSSR count). The summed E-state index contributed by atoms with van der Waals surface area (Å²) in [5.41, 5.74) is 7.87. The number of phenols is 1. The second-order valence-electron chi connectivity index (χ2n) is 6.19. The molecule has 3 nitrogen and oxygen atoms in total. The maximum absolute atomic E-state index is 9.42. The maximum Gasteiger partial charge on any atom is 0.138 e. The molecule has 0 amide bonds. The van der Waals surface area contributed by atoms with E-state index < -0.39 is 0 Å². The van der Waals surface area contributed by atoms with Crippen LogP contribution in [0.1, 0.15) is 38.7 Å². The van der Waals surface area contributed by atoms with Gasteiger partial charge < -0.3 is 10.8 Å². The summed E-state index contributed by atoms with van der Waals surface area (Å²) < 4.78 is 0. The average molecular weight is 248 g/mol. The van der Waals surface area contributed by atoms with E-state index in [0.29, 0.717) is 11.1 Å². The smallest absolute Gasteiger partial charge is 0.138 e. The molecule has 0 spiro atoms. The Balaban J connectivity index is 1.98. The molecule has 1 saturated heterocycles. The number of nitrogens with two attached hydrogens (primary N) is 1. The molecule has 0 aliphatic carbocycles. The standard InChI is InChI=1S/C15H24N2O/c1-15(2)6-3-8-17(9-7-15)11-12-4-5-14(18)13(16)10-12/h4-5,10,18H,3,6-9,11,16H2,1-2H3. The normalized spacial score (nSPS) is 20.6. The van der Waals surface area contributed by atoms with Crippen LogP contribution in [0.3, 0.4) is 0 Å². The molecule has 3 N–H and O–H groups in total. The Hall–Kier alpha value is -1.22. The van der Waals surface area contributed by atoms with Crippen LogP contribution in [0.25, 0.3) is 0 Å². The van der Waals surface area contributed by atoms with Gasteiger partial charge in [-0.1, -0.05) is 19.9 Å². The molecule has 0 aromatic heterocycles. The highest BCUT2D eigenvalue weighted by molar-refractivity contribution is 5.53. The molecule has 0 saturated carbocycles. The molecule has 1 aliphatic rings. The minimum absolute atomic E-state index is 0.177. The largest absolute Gasteiger partial charge is 0.506 e. The third-order valence-electron chi connectivity index (χ3n) is 3.93. The van der Waals surface area contributed by atoms with Crippen LogP contribution >= 0.6 is 0 Å². The molecular weight excluding hydrogens is 224 g/mol. The van der Waals surface area contributed by atoms with E-state index >= 15 is 0 Å². The number of anilines is 1. The Morgan fingerprint density at radius 2 is 2.06 bits per heavy atom. The van der Waals surface area contributed by atoms with E-state index in [0.717, 1.165) is 19.6 Å². The molecule has 1 fully saturated rings. The third-order valence-corrected chi connectivity index (χ3v) is 3.93. The Bertz CT molecular complexity index is 415. The second kappa shape index (κ2) is 5.19. The number of hydrogen-bond donors (Lipinski definition) is 2.